The van der Waals surface area contributed by atoms with Crippen molar-refractivity contribution in [3.05, 3.63) is 64.7 Å². The SMILES string of the molecule is Cc1cccc(C=CC(=O)N(C)[C@@H]2CC[C@@]3(O)[C@H]4Cc5ccc(O)c6c5[C@@]3(CCN4C)[C@H]2O6)c1. The molecule has 34 heavy (non-hydrogen) atoms. The minimum atomic E-state index is -0.950. The van der Waals surface area contributed by atoms with E-state index in [9.17, 15) is 15.0 Å². The molecule has 2 heterocycles. The first kappa shape index (κ1) is 21.7. The smallest absolute Gasteiger partial charge is 0.246 e. The zero-order valence-corrected chi connectivity index (χ0v) is 20.0. The number of hydrogen-bond donors (Lipinski definition) is 2. The van der Waals surface area contributed by atoms with Crippen molar-refractivity contribution in [2.45, 2.75) is 61.8 Å². The average molecular weight is 461 g/mol. The Balaban J connectivity index is 1.38. The third-order valence-electron chi connectivity index (χ3n) is 9.00. The molecule has 1 amide bonds. The molecule has 2 fully saturated rings. The monoisotopic (exact) mass is 460 g/mol. The number of phenols is 1. The summed E-state index contributed by atoms with van der Waals surface area (Å²) >= 11 is 0. The zero-order valence-electron chi connectivity index (χ0n) is 20.0. The number of aliphatic hydroxyl groups is 1. The molecule has 1 saturated heterocycles. The van der Waals surface area contributed by atoms with Gasteiger partial charge in [-0.05, 0) is 69.5 Å². The van der Waals surface area contributed by atoms with Crippen molar-refractivity contribution in [2.75, 3.05) is 20.6 Å². The van der Waals surface area contributed by atoms with Crippen LogP contribution in [0.25, 0.3) is 6.08 Å². The lowest BCUT2D eigenvalue weighted by atomic mass is 9.48. The number of ether oxygens (including phenoxy) is 1. The Labute approximate surface area is 200 Å². The van der Waals surface area contributed by atoms with E-state index in [4.69, 9.17) is 4.74 Å². The van der Waals surface area contributed by atoms with Gasteiger partial charge in [0.25, 0.3) is 0 Å². The van der Waals surface area contributed by atoms with E-state index in [2.05, 4.69) is 11.9 Å². The summed E-state index contributed by atoms with van der Waals surface area (Å²) in [5.41, 5.74) is 2.69. The highest BCUT2D eigenvalue weighted by Gasteiger charge is 2.73. The number of phenolic OH excluding ortho intramolecular Hbond substituents is 1. The number of amides is 1. The van der Waals surface area contributed by atoms with Crippen molar-refractivity contribution in [1.82, 2.24) is 9.80 Å². The molecule has 5 atom stereocenters. The van der Waals surface area contributed by atoms with Crippen LogP contribution in [0.1, 0.15) is 41.5 Å². The van der Waals surface area contributed by atoms with Gasteiger partial charge in [-0.15, -0.1) is 0 Å². The minimum Gasteiger partial charge on any atom is -0.504 e. The van der Waals surface area contributed by atoms with Crippen LogP contribution in [0.15, 0.2) is 42.5 Å². The Bertz CT molecular complexity index is 1210. The Kier molecular flexibility index (Phi) is 4.68. The molecule has 178 valence electrons. The van der Waals surface area contributed by atoms with Gasteiger partial charge in [0.1, 0.15) is 6.10 Å². The maximum atomic E-state index is 13.3. The molecule has 2 aliphatic heterocycles. The third-order valence-corrected chi connectivity index (χ3v) is 9.00. The Hall–Kier alpha value is -2.83. The first-order chi connectivity index (χ1) is 16.3. The summed E-state index contributed by atoms with van der Waals surface area (Å²) in [4.78, 5) is 17.3. The summed E-state index contributed by atoms with van der Waals surface area (Å²) in [5, 5.41) is 23.0. The van der Waals surface area contributed by atoms with Crippen LogP contribution in [0, 0.1) is 6.92 Å². The van der Waals surface area contributed by atoms with Gasteiger partial charge in [-0.25, -0.2) is 0 Å². The molecule has 6 rings (SSSR count). The molecule has 1 saturated carbocycles. The van der Waals surface area contributed by atoms with E-state index in [0.717, 1.165) is 41.6 Å². The Morgan fingerprint density at radius 1 is 1.26 bits per heavy atom. The molecule has 0 radical (unpaired) electrons. The van der Waals surface area contributed by atoms with Gasteiger partial charge in [-0.1, -0.05) is 35.9 Å². The number of hydrogen-bond acceptors (Lipinski definition) is 5. The molecule has 6 heteroatoms. The second kappa shape index (κ2) is 7.33. The molecule has 6 nitrogen and oxygen atoms in total. The maximum absolute atomic E-state index is 13.3. The van der Waals surface area contributed by atoms with Gasteiger partial charge in [-0.3, -0.25) is 4.79 Å². The van der Waals surface area contributed by atoms with E-state index in [1.54, 1.807) is 17.0 Å². The molecule has 2 bridgehead atoms. The molecule has 2 aromatic carbocycles. The Morgan fingerprint density at radius 3 is 2.88 bits per heavy atom. The van der Waals surface area contributed by atoms with Crippen molar-refractivity contribution >= 4 is 12.0 Å². The van der Waals surface area contributed by atoms with Crippen LogP contribution in [0.2, 0.25) is 0 Å². The van der Waals surface area contributed by atoms with E-state index in [0.29, 0.717) is 18.6 Å². The van der Waals surface area contributed by atoms with Gasteiger partial charge < -0.3 is 24.7 Å². The van der Waals surface area contributed by atoms with E-state index in [1.807, 2.05) is 50.4 Å². The number of likely N-dealkylation sites (N-methyl/N-ethyl adjacent to an activating group) is 2. The summed E-state index contributed by atoms with van der Waals surface area (Å²) in [5.74, 6) is 0.541. The summed E-state index contributed by atoms with van der Waals surface area (Å²) in [6.07, 6.45) is 5.80. The van der Waals surface area contributed by atoms with Crippen LogP contribution in [-0.2, 0) is 16.6 Å². The largest absolute Gasteiger partial charge is 0.504 e. The maximum Gasteiger partial charge on any atom is 0.246 e. The highest BCUT2D eigenvalue weighted by atomic mass is 16.5. The lowest BCUT2D eigenvalue weighted by Crippen LogP contribution is -2.77. The number of benzene rings is 2. The van der Waals surface area contributed by atoms with E-state index in [-0.39, 0.29) is 23.7 Å². The van der Waals surface area contributed by atoms with Crippen molar-refractivity contribution in [2.24, 2.45) is 0 Å². The van der Waals surface area contributed by atoms with E-state index < -0.39 is 17.1 Å². The number of aryl methyl sites for hydroxylation is 1. The standard InChI is InChI=1S/C28H32N2O4/c1-17-5-4-6-18(15-17)7-10-23(32)30(3)20-11-12-28(33)22-16-19-8-9-21(31)25-24(19)27(28,26(20)34-25)13-14-29(22)2/h4-10,15,20,22,26,31,33H,11-14,16H2,1-3H3/t20-,22-,26+,27+,28-/m1/s1. The number of aromatic hydroxyl groups is 1. The number of likely N-dealkylation sites (tertiary alicyclic amines) is 1. The summed E-state index contributed by atoms with van der Waals surface area (Å²) in [6, 6.07) is 11.5. The van der Waals surface area contributed by atoms with Crippen LogP contribution in [0.3, 0.4) is 0 Å². The molecule has 2 aliphatic carbocycles. The van der Waals surface area contributed by atoms with Crippen LogP contribution >= 0.6 is 0 Å². The number of carbonyl (C=O) groups excluding carboxylic acids is 1. The third kappa shape index (κ3) is 2.72. The van der Waals surface area contributed by atoms with Crippen LogP contribution < -0.4 is 4.74 Å². The number of carbonyl (C=O) groups is 1. The fourth-order valence-corrected chi connectivity index (χ4v) is 7.35. The predicted molar refractivity (Wildman–Crippen MR) is 130 cm³/mol. The minimum absolute atomic E-state index is 0.00137. The van der Waals surface area contributed by atoms with Gasteiger partial charge in [0, 0.05) is 24.7 Å². The topological polar surface area (TPSA) is 73.2 Å². The molecule has 2 aromatic rings. The highest BCUT2D eigenvalue weighted by Crippen LogP contribution is 2.65. The average Bonchev–Trinajstić information content (AvgIpc) is 3.17. The van der Waals surface area contributed by atoms with Crippen molar-refractivity contribution < 1.29 is 19.7 Å². The van der Waals surface area contributed by atoms with Gasteiger partial charge >= 0.3 is 0 Å². The molecular weight excluding hydrogens is 428 g/mol. The fourth-order valence-electron chi connectivity index (χ4n) is 7.35. The van der Waals surface area contributed by atoms with Crippen molar-refractivity contribution in [1.29, 1.82) is 0 Å². The fraction of sp³-hybridized carbons (Fsp3) is 0.464. The van der Waals surface area contributed by atoms with Crippen molar-refractivity contribution in [3.63, 3.8) is 0 Å². The second-order valence-corrected chi connectivity index (χ2v) is 10.6. The van der Waals surface area contributed by atoms with Crippen LogP contribution in [0.4, 0.5) is 0 Å². The van der Waals surface area contributed by atoms with E-state index in [1.165, 1.54) is 0 Å². The number of piperidine rings is 1. The van der Waals surface area contributed by atoms with E-state index >= 15 is 0 Å². The van der Waals surface area contributed by atoms with Gasteiger partial charge in [0.15, 0.2) is 11.5 Å². The Morgan fingerprint density at radius 2 is 2.09 bits per heavy atom. The summed E-state index contributed by atoms with van der Waals surface area (Å²) in [6.45, 7) is 2.88. The first-order valence-corrected chi connectivity index (χ1v) is 12.2. The first-order valence-electron chi connectivity index (χ1n) is 12.2. The van der Waals surface area contributed by atoms with Crippen LogP contribution in [-0.4, -0.2) is 70.3 Å². The number of rotatable bonds is 3. The van der Waals surface area contributed by atoms with Gasteiger partial charge in [0.05, 0.1) is 17.1 Å². The van der Waals surface area contributed by atoms with Gasteiger partial charge in [0.2, 0.25) is 5.91 Å². The normalized spacial score (nSPS) is 33.5. The zero-order chi connectivity index (χ0) is 23.8. The summed E-state index contributed by atoms with van der Waals surface area (Å²) in [7, 11) is 3.92. The molecule has 2 N–H and O–H groups in total. The molecule has 0 unspecified atom stereocenters. The molecular formula is C28H32N2O4. The second-order valence-electron chi connectivity index (χ2n) is 10.6. The lowest BCUT2D eigenvalue weighted by Gasteiger charge is -2.64. The van der Waals surface area contributed by atoms with Crippen molar-refractivity contribution in [3.8, 4) is 11.5 Å². The molecule has 0 aromatic heterocycles. The molecule has 1 spiro atoms. The summed E-state index contributed by atoms with van der Waals surface area (Å²) < 4.78 is 6.53. The van der Waals surface area contributed by atoms with Gasteiger partial charge in [-0.2, -0.15) is 0 Å². The number of nitrogens with zero attached hydrogens (tertiary/aromatic N) is 2. The predicted octanol–water partition coefficient (Wildman–Crippen LogP) is 3.02. The highest BCUT2D eigenvalue weighted by molar-refractivity contribution is 5.92. The quantitative estimate of drug-likeness (QED) is 0.689. The van der Waals surface area contributed by atoms with Crippen LogP contribution in [0.5, 0.6) is 11.5 Å². The molecule has 4 aliphatic rings. The lowest BCUT2D eigenvalue weighted by molar-refractivity contribution is -0.195.